The molecular formula is C32H31F3N4O3. The Hall–Kier alpha value is -4.18. The van der Waals surface area contributed by atoms with Gasteiger partial charge < -0.3 is 9.64 Å². The van der Waals surface area contributed by atoms with Crippen LogP contribution in [0, 0.1) is 5.41 Å². The van der Waals surface area contributed by atoms with Gasteiger partial charge in [0, 0.05) is 31.9 Å². The van der Waals surface area contributed by atoms with E-state index in [1.165, 1.54) is 11.1 Å². The first kappa shape index (κ1) is 28.0. The topological polar surface area (TPSA) is 65.5 Å². The Balaban J connectivity index is 1.38. The fourth-order valence-corrected chi connectivity index (χ4v) is 6.48. The van der Waals surface area contributed by atoms with Gasteiger partial charge in [0.2, 0.25) is 0 Å². The van der Waals surface area contributed by atoms with Crippen molar-refractivity contribution in [2.75, 3.05) is 36.1 Å². The SMILES string of the molecule is CCOC(=O)c1ccc(N2N=C(C)[C@]3(Cc4cc(C(F)(F)F)ccc4N4CCN(Cc5ccccc5)C[C@H]43)C2=O)cc1. The van der Waals surface area contributed by atoms with E-state index in [2.05, 4.69) is 27.0 Å². The van der Waals surface area contributed by atoms with Crippen LogP contribution in [-0.2, 0) is 28.7 Å². The molecule has 6 rings (SSSR count). The molecule has 7 nitrogen and oxygen atoms in total. The first-order valence-electron chi connectivity index (χ1n) is 14.0. The zero-order valence-electron chi connectivity index (χ0n) is 23.4. The quantitative estimate of drug-likeness (QED) is 0.374. The van der Waals surface area contributed by atoms with E-state index in [4.69, 9.17) is 4.74 Å². The maximum atomic E-state index is 14.5. The summed E-state index contributed by atoms with van der Waals surface area (Å²) in [6.07, 6.45) is -4.39. The van der Waals surface area contributed by atoms with Gasteiger partial charge in [-0.2, -0.15) is 23.3 Å². The number of hydrogen-bond acceptors (Lipinski definition) is 6. The molecule has 0 saturated carbocycles. The lowest BCUT2D eigenvalue weighted by Crippen LogP contribution is -2.66. The third-order valence-electron chi connectivity index (χ3n) is 8.56. The van der Waals surface area contributed by atoms with Crippen molar-refractivity contribution in [3.63, 3.8) is 0 Å². The summed E-state index contributed by atoms with van der Waals surface area (Å²) in [6.45, 7) is 6.26. The van der Waals surface area contributed by atoms with Gasteiger partial charge in [-0.15, -0.1) is 0 Å². The summed E-state index contributed by atoms with van der Waals surface area (Å²) >= 11 is 0. The predicted molar refractivity (Wildman–Crippen MR) is 153 cm³/mol. The summed E-state index contributed by atoms with van der Waals surface area (Å²) < 4.78 is 46.3. The smallest absolute Gasteiger partial charge is 0.416 e. The van der Waals surface area contributed by atoms with Gasteiger partial charge in [-0.25, -0.2) is 4.79 Å². The molecule has 3 heterocycles. The largest absolute Gasteiger partial charge is 0.462 e. The molecule has 1 fully saturated rings. The molecule has 3 aliphatic heterocycles. The molecule has 3 aromatic carbocycles. The van der Waals surface area contributed by atoms with Gasteiger partial charge in [-0.05, 0) is 73.9 Å². The van der Waals surface area contributed by atoms with Crippen LogP contribution in [0.4, 0.5) is 24.5 Å². The number of amides is 1. The predicted octanol–water partition coefficient (Wildman–Crippen LogP) is 5.54. The highest BCUT2D eigenvalue weighted by Crippen LogP contribution is 2.49. The minimum Gasteiger partial charge on any atom is -0.462 e. The van der Waals surface area contributed by atoms with Gasteiger partial charge in [-0.1, -0.05) is 30.3 Å². The zero-order chi connectivity index (χ0) is 29.6. The highest BCUT2D eigenvalue weighted by molar-refractivity contribution is 6.20. The summed E-state index contributed by atoms with van der Waals surface area (Å²) in [5.74, 6) is -0.753. The molecule has 0 radical (unpaired) electrons. The van der Waals surface area contributed by atoms with Crippen LogP contribution >= 0.6 is 0 Å². The lowest BCUT2D eigenvalue weighted by atomic mass is 9.67. The second-order valence-electron chi connectivity index (χ2n) is 11.0. The Morgan fingerprint density at radius 3 is 2.48 bits per heavy atom. The van der Waals surface area contributed by atoms with Crippen LogP contribution in [0.1, 0.15) is 40.9 Å². The second-order valence-corrected chi connectivity index (χ2v) is 11.0. The molecule has 1 spiro atoms. The van der Waals surface area contributed by atoms with E-state index in [0.717, 1.165) is 17.3 Å². The van der Waals surface area contributed by atoms with E-state index in [0.29, 0.717) is 48.7 Å². The Bertz CT molecular complexity index is 1540. The molecule has 3 aliphatic rings. The number of alkyl halides is 3. The van der Waals surface area contributed by atoms with E-state index in [-0.39, 0.29) is 25.0 Å². The average molecular weight is 577 g/mol. The minimum absolute atomic E-state index is 0.109. The number of carbonyl (C=O) groups excluding carboxylic acids is 2. The van der Waals surface area contributed by atoms with Crippen molar-refractivity contribution >= 4 is 29.0 Å². The molecule has 3 aromatic rings. The summed E-state index contributed by atoms with van der Waals surface area (Å²) in [7, 11) is 0. The van der Waals surface area contributed by atoms with Crippen LogP contribution in [0.25, 0.3) is 0 Å². The molecule has 42 heavy (non-hydrogen) atoms. The molecule has 1 saturated heterocycles. The molecule has 0 N–H and O–H groups in total. The van der Waals surface area contributed by atoms with Crippen LogP contribution in [0.5, 0.6) is 0 Å². The highest BCUT2D eigenvalue weighted by atomic mass is 19.4. The Labute approximate surface area is 242 Å². The van der Waals surface area contributed by atoms with Crippen molar-refractivity contribution in [1.82, 2.24) is 4.90 Å². The van der Waals surface area contributed by atoms with Gasteiger partial charge in [0.15, 0.2) is 0 Å². The van der Waals surface area contributed by atoms with Gasteiger partial charge >= 0.3 is 12.1 Å². The second kappa shape index (κ2) is 10.6. The van der Waals surface area contributed by atoms with Gasteiger partial charge in [0.05, 0.1) is 35.2 Å². The number of rotatable bonds is 5. The number of fused-ring (bicyclic) bond motifs is 4. The number of hydrogen-bond donors (Lipinski definition) is 0. The molecule has 0 unspecified atom stereocenters. The van der Waals surface area contributed by atoms with E-state index >= 15 is 0 Å². The molecule has 10 heteroatoms. The van der Waals surface area contributed by atoms with Crippen molar-refractivity contribution in [2.45, 2.75) is 39.0 Å². The average Bonchev–Trinajstić information content (AvgIpc) is 3.22. The molecule has 0 aromatic heterocycles. The minimum atomic E-state index is -4.50. The standard InChI is InChI=1S/C32H31F3N4O3/c1-3-42-29(40)23-9-12-26(13-10-23)39-30(41)31(21(2)36-39)18-24-17-25(32(33,34)35)11-14-27(24)38-16-15-37(20-28(31)38)19-22-7-5-4-6-8-22/h4-14,17,28H,3,15-16,18-20H2,1-2H3/t28-,31-/m0/s1. The Morgan fingerprint density at radius 1 is 1.05 bits per heavy atom. The number of halogens is 3. The highest BCUT2D eigenvalue weighted by Gasteiger charge is 2.60. The van der Waals surface area contributed by atoms with Crippen LogP contribution in [-0.4, -0.2) is 54.8 Å². The lowest BCUT2D eigenvalue weighted by Gasteiger charge is -2.53. The lowest BCUT2D eigenvalue weighted by molar-refractivity contribution is -0.137. The van der Waals surface area contributed by atoms with E-state index in [1.807, 2.05) is 18.2 Å². The van der Waals surface area contributed by atoms with E-state index < -0.39 is 23.1 Å². The molecular weight excluding hydrogens is 545 g/mol. The molecule has 0 bridgehead atoms. The fourth-order valence-electron chi connectivity index (χ4n) is 6.48. The normalized spacial score (nSPS) is 22.2. The summed E-state index contributed by atoms with van der Waals surface area (Å²) in [5, 5.41) is 6.02. The maximum Gasteiger partial charge on any atom is 0.416 e. The van der Waals surface area contributed by atoms with Crippen molar-refractivity contribution < 1.29 is 27.5 Å². The number of carbonyl (C=O) groups is 2. The Kier molecular flexibility index (Phi) is 7.04. The maximum absolute atomic E-state index is 14.5. The van der Waals surface area contributed by atoms with Crippen LogP contribution < -0.4 is 9.91 Å². The number of nitrogens with zero attached hydrogens (tertiary/aromatic N) is 4. The monoisotopic (exact) mass is 576 g/mol. The van der Waals surface area contributed by atoms with Crippen LogP contribution in [0.15, 0.2) is 77.9 Å². The number of ether oxygens (including phenoxy) is 1. The molecule has 0 aliphatic carbocycles. The number of benzene rings is 3. The van der Waals surface area contributed by atoms with Crippen molar-refractivity contribution in [3.05, 3.63) is 95.1 Å². The van der Waals surface area contributed by atoms with Crippen molar-refractivity contribution in [2.24, 2.45) is 10.5 Å². The fraction of sp³-hybridized carbons (Fsp3) is 0.344. The van der Waals surface area contributed by atoms with Gasteiger partial charge in [-0.3, -0.25) is 9.69 Å². The number of hydrazone groups is 1. The van der Waals surface area contributed by atoms with Crippen molar-refractivity contribution in [1.29, 1.82) is 0 Å². The first-order chi connectivity index (χ1) is 20.1. The third kappa shape index (κ3) is 4.73. The van der Waals surface area contributed by atoms with E-state index in [9.17, 15) is 22.8 Å². The third-order valence-corrected chi connectivity index (χ3v) is 8.56. The van der Waals surface area contributed by atoms with Crippen LogP contribution in [0.2, 0.25) is 0 Å². The summed E-state index contributed by atoms with van der Waals surface area (Å²) in [5.41, 5.74) is 1.86. The summed E-state index contributed by atoms with van der Waals surface area (Å²) in [4.78, 5) is 31.0. The van der Waals surface area contributed by atoms with Gasteiger partial charge in [0.25, 0.3) is 5.91 Å². The van der Waals surface area contributed by atoms with E-state index in [1.54, 1.807) is 44.2 Å². The van der Waals surface area contributed by atoms with Crippen molar-refractivity contribution in [3.8, 4) is 0 Å². The molecule has 2 atom stereocenters. The Morgan fingerprint density at radius 2 is 1.79 bits per heavy atom. The van der Waals surface area contributed by atoms with Gasteiger partial charge in [0.1, 0.15) is 5.41 Å². The van der Waals surface area contributed by atoms with Crippen LogP contribution in [0.3, 0.4) is 0 Å². The number of esters is 1. The number of piperazine rings is 1. The molecule has 218 valence electrons. The molecule has 1 amide bonds. The summed E-state index contributed by atoms with van der Waals surface area (Å²) in [6, 6.07) is 20.0. The number of anilines is 2. The first-order valence-corrected chi connectivity index (χ1v) is 14.0. The zero-order valence-corrected chi connectivity index (χ0v) is 23.4.